The summed E-state index contributed by atoms with van der Waals surface area (Å²) in [4.78, 5) is 11.4. The van der Waals surface area contributed by atoms with Crippen molar-refractivity contribution in [3.8, 4) is 0 Å². The number of ether oxygens (including phenoxy) is 1. The summed E-state index contributed by atoms with van der Waals surface area (Å²) in [5.74, 6) is 2.78. The van der Waals surface area contributed by atoms with Gasteiger partial charge in [-0.1, -0.05) is 0 Å². The van der Waals surface area contributed by atoms with Crippen LogP contribution in [-0.2, 0) is 11.3 Å². The minimum absolute atomic E-state index is 0. The number of hydrogen-bond donors (Lipinski definition) is 1. The van der Waals surface area contributed by atoms with Crippen molar-refractivity contribution >= 4 is 29.9 Å². The van der Waals surface area contributed by atoms with Crippen molar-refractivity contribution < 1.29 is 4.74 Å². The molecule has 1 aliphatic heterocycles. The Morgan fingerprint density at radius 2 is 2.29 bits per heavy atom. The Kier molecular flexibility index (Phi) is 10.3. The molecule has 1 N–H and O–H groups in total. The van der Waals surface area contributed by atoms with Gasteiger partial charge in [-0.05, 0) is 33.1 Å². The van der Waals surface area contributed by atoms with Crippen molar-refractivity contribution in [2.24, 2.45) is 10.9 Å². The lowest BCUT2D eigenvalue weighted by molar-refractivity contribution is 0.157. The number of nitrogens with one attached hydrogen (secondary N) is 1. The maximum atomic E-state index is 5.28. The summed E-state index contributed by atoms with van der Waals surface area (Å²) in [6, 6.07) is 0. The Morgan fingerprint density at radius 1 is 1.46 bits per heavy atom. The second kappa shape index (κ2) is 11.7. The molecule has 2 rings (SSSR count). The van der Waals surface area contributed by atoms with E-state index in [1.807, 2.05) is 19.3 Å². The summed E-state index contributed by atoms with van der Waals surface area (Å²) in [5.41, 5.74) is 0. The molecule has 7 heteroatoms. The molecule has 6 nitrogen and oxygen atoms in total. The van der Waals surface area contributed by atoms with E-state index in [1.54, 1.807) is 7.11 Å². The lowest BCUT2D eigenvalue weighted by atomic mass is 10.1. The van der Waals surface area contributed by atoms with E-state index in [4.69, 9.17) is 9.73 Å². The Morgan fingerprint density at radius 3 is 2.96 bits per heavy atom. The van der Waals surface area contributed by atoms with Gasteiger partial charge in [0.25, 0.3) is 0 Å². The summed E-state index contributed by atoms with van der Waals surface area (Å²) in [6.07, 6.45) is 7.33. The molecule has 1 unspecified atom stereocenters. The van der Waals surface area contributed by atoms with Crippen molar-refractivity contribution in [3.05, 3.63) is 18.2 Å². The lowest BCUT2D eigenvalue weighted by Gasteiger charge is -2.21. The summed E-state index contributed by atoms with van der Waals surface area (Å²) >= 11 is 0. The van der Waals surface area contributed by atoms with Gasteiger partial charge in [-0.3, -0.25) is 4.99 Å². The van der Waals surface area contributed by atoms with Crippen LogP contribution in [0.5, 0.6) is 0 Å². The first-order chi connectivity index (χ1) is 11.2. The molecular weight excluding hydrogens is 417 g/mol. The van der Waals surface area contributed by atoms with Gasteiger partial charge in [0.05, 0.1) is 6.61 Å². The van der Waals surface area contributed by atoms with Gasteiger partial charge >= 0.3 is 0 Å². The highest BCUT2D eigenvalue weighted by atomic mass is 127. The van der Waals surface area contributed by atoms with Crippen LogP contribution in [0.2, 0.25) is 0 Å². The fraction of sp³-hybridized carbons (Fsp3) is 0.765. The number of aromatic nitrogens is 2. The van der Waals surface area contributed by atoms with E-state index in [9.17, 15) is 0 Å². The van der Waals surface area contributed by atoms with Crippen LogP contribution >= 0.6 is 24.0 Å². The van der Waals surface area contributed by atoms with E-state index in [0.717, 1.165) is 64.0 Å². The van der Waals surface area contributed by atoms with Crippen LogP contribution in [0.4, 0.5) is 0 Å². The topological polar surface area (TPSA) is 54.7 Å². The number of unbranched alkanes of at least 4 members (excludes halogenated alkanes) is 1. The molecule has 1 aromatic heterocycles. The smallest absolute Gasteiger partial charge is 0.193 e. The molecule has 0 spiro atoms. The fourth-order valence-corrected chi connectivity index (χ4v) is 3.04. The van der Waals surface area contributed by atoms with Crippen molar-refractivity contribution in [1.82, 2.24) is 19.8 Å². The molecule has 1 saturated heterocycles. The molecule has 2 heterocycles. The second-order valence-electron chi connectivity index (χ2n) is 6.17. The molecule has 0 aliphatic carbocycles. The highest BCUT2D eigenvalue weighted by Gasteiger charge is 2.24. The molecule has 1 aromatic rings. The number of nitrogens with zero attached hydrogens (tertiary/aromatic N) is 4. The van der Waals surface area contributed by atoms with Crippen molar-refractivity contribution in [2.75, 3.05) is 39.9 Å². The van der Waals surface area contributed by atoms with Crippen LogP contribution in [0.1, 0.15) is 32.0 Å². The Bertz CT molecular complexity index is 491. The van der Waals surface area contributed by atoms with Crippen molar-refractivity contribution in [2.45, 2.75) is 39.7 Å². The quantitative estimate of drug-likeness (QED) is 0.287. The minimum atomic E-state index is 0. The molecular formula is C17H32IN5O. The van der Waals surface area contributed by atoms with E-state index in [-0.39, 0.29) is 24.0 Å². The SMILES string of the molecule is CCNC(=NCCCCn1ccnc1C)N1CCC(COC)C1.I. The lowest BCUT2D eigenvalue weighted by Crippen LogP contribution is -2.40. The minimum Gasteiger partial charge on any atom is -0.384 e. The molecule has 1 fully saturated rings. The zero-order valence-corrected chi connectivity index (χ0v) is 17.5. The van der Waals surface area contributed by atoms with Gasteiger partial charge in [-0.15, -0.1) is 24.0 Å². The van der Waals surface area contributed by atoms with Gasteiger partial charge in [0.1, 0.15) is 5.82 Å². The molecule has 24 heavy (non-hydrogen) atoms. The van der Waals surface area contributed by atoms with Gasteiger partial charge in [-0.25, -0.2) is 4.98 Å². The first kappa shape index (κ1) is 21.2. The number of aryl methyl sites for hydroxylation is 2. The van der Waals surface area contributed by atoms with E-state index in [1.165, 1.54) is 6.42 Å². The molecule has 0 amide bonds. The second-order valence-corrected chi connectivity index (χ2v) is 6.17. The third kappa shape index (κ3) is 6.58. The number of rotatable bonds is 8. The number of guanidine groups is 1. The van der Waals surface area contributed by atoms with Crippen molar-refractivity contribution in [1.29, 1.82) is 0 Å². The van der Waals surface area contributed by atoms with Gasteiger partial charge in [0.15, 0.2) is 5.96 Å². The monoisotopic (exact) mass is 449 g/mol. The maximum Gasteiger partial charge on any atom is 0.193 e. The van der Waals surface area contributed by atoms with Crippen LogP contribution in [-0.4, -0.2) is 60.3 Å². The molecule has 1 aliphatic rings. The number of imidazole rings is 1. The summed E-state index contributed by atoms with van der Waals surface area (Å²) < 4.78 is 7.48. The summed E-state index contributed by atoms with van der Waals surface area (Å²) in [5, 5.41) is 3.42. The van der Waals surface area contributed by atoms with Crippen LogP contribution in [0.15, 0.2) is 17.4 Å². The Hall–Kier alpha value is -0.830. The van der Waals surface area contributed by atoms with Gasteiger partial charge in [0.2, 0.25) is 0 Å². The molecule has 138 valence electrons. The fourth-order valence-electron chi connectivity index (χ4n) is 3.04. The third-order valence-corrected chi connectivity index (χ3v) is 4.31. The van der Waals surface area contributed by atoms with Crippen molar-refractivity contribution in [3.63, 3.8) is 0 Å². The predicted octanol–water partition coefficient (Wildman–Crippen LogP) is 2.52. The van der Waals surface area contributed by atoms with E-state index in [2.05, 4.69) is 26.7 Å². The first-order valence-corrected chi connectivity index (χ1v) is 8.74. The standard InChI is InChI=1S/C17H31N5O.HI/c1-4-18-17(22-11-7-16(13-22)14-23-3)20-8-5-6-10-21-12-9-19-15(21)2;/h9,12,16H,4-8,10-11,13-14H2,1-3H3,(H,18,20);1H. The zero-order valence-electron chi connectivity index (χ0n) is 15.2. The van der Waals surface area contributed by atoms with Crippen LogP contribution in [0, 0.1) is 12.8 Å². The Balaban J connectivity index is 0.00000288. The number of methoxy groups -OCH3 is 1. The average Bonchev–Trinajstić information content (AvgIpc) is 3.16. The average molecular weight is 449 g/mol. The third-order valence-electron chi connectivity index (χ3n) is 4.31. The van der Waals surface area contributed by atoms with Crippen LogP contribution in [0.25, 0.3) is 0 Å². The summed E-state index contributed by atoms with van der Waals surface area (Å²) in [6.45, 7) is 9.96. The Labute approximate surface area is 163 Å². The predicted molar refractivity (Wildman–Crippen MR) is 109 cm³/mol. The first-order valence-electron chi connectivity index (χ1n) is 8.74. The van der Waals surface area contributed by atoms with E-state index < -0.39 is 0 Å². The molecule has 0 aromatic carbocycles. The number of halogens is 1. The van der Waals surface area contributed by atoms with Gasteiger partial charge in [-0.2, -0.15) is 0 Å². The highest BCUT2D eigenvalue weighted by Crippen LogP contribution is 2.16. The molecule has 0 radical (unpaired) electrons. The molecule has 0 saturated carbocycles. The van der Waals surface area contributed by atoms with Crippen LogP contribution < -0.4 is 5.32 Å². The number of likely N-dealkylation sites (tertiary alicyclic amines) is 1. The van der Waals surface area contributed by atoms with Gasteiger partial charge < -0.3 is 19.5 Å². The highest BCUT2D eigenvalue weighted by molar-refractivity contribution is 14.0. The molecule has 0 bridgehead atoms. The normalized spacial score (nSPS) is 17.9. The maximum absolute atomic E-state index is 5.28. The van der Waals surface area contributed by atoms with Gasteiger partial charge in [0, 0.05) is 58.1 Å². The van der Waals surface area contributed by atoms with Crippen LogP contribution in [0.3, 0.4) is 0 Å². The van der Waals surface area contributed by atoms with E-state index in [0.29, 0.717) is 5.92 Å². The number of hydrogen-bond acceptors (Lipinski definition) is 3. The zero-order chi connectivity index (χ0) is 16.5. The number of aliphatic imine (C=N–C) groups is 1. The van der Waals surface area contributed by atoms with E-state index >= 15 is 0 Å². The molecule has 1 atom stereocenters. The largest absolute Gasteiger partial charge is 0.384 e. The summed E-state index contributed by atoms with van der Waals surface area (Å²) in [7, 11) is 1.78.